The molecule has 0 bridgehead atoms. The molecule has 156 valence electrons. The van der Waals surface area contributed by atoms with E-state index in [9.17, 15) is 9.90 Å². The van der Waals surface area contributed by atoms with Gasteiger partial charge in [0.1, 0.15) is 28.6 Å². The van der Waals surface area contributed by atoms with E-state index in [2.05, 4.69) is 6.58 Å². The highest BCUT2D eigenvalue weighted by Gasteiger charge is 2.30. The van der Waals surface area contributed by atoms with E-state index in [1.165, 1.54) is 21.3 Å². The number of benzene rings is 2. The van der Waals surface area contributed by atoms with Gasteiger partial charge >= 0.3 is 0 Å². The van der Waals surface area contributed by atoms with Crippen LogP contribution in [0.4, 0.5) is 0 Å². The summed E-state index contributed by atoms with van der Waals surface area (Å²) in [6.45, 7) is 5.77. The van der Waals surface area contributed by atoms with Gasteiger partial charge in [-0.05, 0) is 30.7 Å². The Kier molecular flexibility index (Phi) is 4.81. The summed E-state index contributed by atoms with van der Waals surface area (Å²) in [4.78, 5) is 13.2. The van der Waals surface area contributed by atoms with E-state index in [0.29, 0.717) is 34.8 Å². The molecule has 2 aromatic carbocycles. The molecule has 30 heavy (non-hydrogen) atoms. The van der Waals surface area contributed by atoms with Crippen LogP contribution in [0.5, 0.6) is 28.7 Å². The third-order valence-electron chi connectivity index (χ3n) is 5.24. The van der Waals surface area contributed by atoms with Crippen molar-refractivity contribution in [1.82, 2.24) is 0 Å². The summed E-state index contributed by atoms with van der Waals surface area (Å²) in [5.74, 6) is 1.53. The Morgan fingerprint density at radius 2 is 1.87 bits per heavy atom. The SMILES string of the molecule is C=C(C)[C@H]1Cc2c(cc3oc(-c4ccc(OC)c(OC)c4)c(OC)c(=O)c3c2O)O1. The molecule has 0 aliphatic carbocycles. The van der Waals surface area contributed by atoms with Gasteiger partial charge in [0.05, 0.1) is 21.3 Å². The van der Waals surface area contributed by atoms with Crippen LogP contribution < -0.4 is 24.4 Å². The second-order valence-corrected chi connectivity index (χ2v) is 7.10. The number of methoxy groups -OCH3 is 3. The van der Waals surface area contributed by atoms with E-state index in [1.807, 2.05) is 6.92 Å². The summed E-state index contributed by atoms with van der Waals surface area (Å²) in [6.07, 6.45) is 0.177. The first-order valence-corrected chi connectivity index (χ1v) is 9.33. The van der Waals surface area contributed by atoms with Crippen LogP contribution in [0.15, 0.2) is 45.6 Å². The second kappa shape index (κ2) is 7.33. The van der Waals surface area contributed by atoms with Crippen molar-refractivity contribution in [3.05, 3.63) is 52.2 Å². The van der Waals surface area contributed by atoms with E-state index in [-0.39, 0.29) is 34.3 Å². The largest absolute Gasteiger partial charge is 0.507 e. The molecule has 0 radical (unpaired) electrons. The molecule has 7 nitrogen and oxygen atoms in total. The fourth-order valence-corrected chi connectivity index (χ4v) is 3.65. The highest BCUT2D eigenvalue weighted by molar-refractivity contribution is 5.90. The Labute approximate surface area is 173 Å². The van der Waals surface area contributed by atoms with Crippen LogP contribution in [0.25, 0.3) is 22.3 Å². The van der Waals surface area contributed by atoms with Crippen LogP contribution in [0, 0.1) is 0 Å². The molecule has 0 fully saturated rings. The number of rotatable bonds is 5. The summed E-state index contributed by atoms with van der Waals surface area (Å²) in [6, 6.07) is 6.75. The highest BCUT2D eigenvalue weighted by Crippen LogP contribution is 2.44. The Bertz CT molecular complexity index is 1220. The van der Waals surface area contributed by atoms with Gasteiger partial charge in [0, 0.05) is 23.6 Å². The maximum absolute atomic E-state index is 13.2. The minimum absolute atomic E-state index is 0.0136. The predicted molar refractivity (Wildman–Crippen MR) is 112 cm³/mol. The van der Waals surface area contributed by atoms with Crippen molar-refractivity contribution in [2.24, 2.45) is 0 Å². The van der Waals surface area contributed by atoms with E-state index >= 15 is 0 Å². The van der Waals surface area contributed by atoms with E-state index in [1.54, 1.807) is 24.3 Å². The number of hydrogen-bond donors (Lipinski definition) is 1. The molecule has 1 aliphatic heterocycles. The summed E-state index contributed by atoms with van der Waals surface area (Å²) in [5, 5.41) is 10.9. The summed E-state index contributed by atoms with van der Waals surface area (Å²) in [5.41, 5.74) is 1.68. The van der Waals surface area contributed by atoms with Gasteiger partial charge in [-0.25, -0.2) is 0 Å². The number of phenols is 1. The normalized spacial score (nSPS) is 14.9. The van der Waals surface area contributed by atoms with Gasteiger partial charge in [-0.3, -0.25) is 4.79 Å². The van der Waals surface area contributed by atoms with Gasteiger partial charge < -0.3 is 28.5 Å². The second-order valence-electron chi connectivity index (χ2n) is 7.10. The third kappa shape index (κ3) is 2.94. The van der Waals surface area contributed by atoms with Gasteiger partial charge in [0.2, 0.25) is 11.2 Å². The molecule has 1 N–H and O–H groups in total. The Balaban J connectivity index is 1.97. The molecule has 1 aliphatic rings. The van der Waals surface area contributed by atoms with Gasteiger partial charge in [0.15, 0.2) is 17.3 Å². The molecule has 0 spiro atoms. The first kappa shape index (κ1) is 19.7. The van der Waals surface area contributed by atoms with Crippen molar-refractivity contribution >= 4 is 11.0 Å². The average molecular weight is 410 g/mol. The third-order valence-corrected chi connectivity index (χ3v) is 5.24. The monoisotopic (exact) mass is 410 g/mol. The lowest BCUT2D eigenvalue weighted by Crippen LogP contribution is -2.13. The molecule has 1 atom stereocenters. The van der Waals surface area contributed by atoms with E-state index in [4.69, 9.17) is 23.4 Å². The molecule has 2 heterocycles. The van der Waals surface area contributed by atoms with Crippen LogP contribution in [-0.4, -0.2) is 32.5 Å². The molecule has 0 saturated carbocycles. The van der Waals surface area contributed by atoms with Crippen molar-refractivity contribution in [1.29, 1.82) is 0 Å². The summed E-state index contributed by atoms with van der Waals surface area (Å²) < 4.78 is 27.9. The van der Waals surface area contributed by atoms with Crippen molar-refractivity contribution < 1.29 is 28.5 Å². The van der Waals surface area contributed by atoms with Crippen LogP contribution >= 0.6 is 0 Å². The maximum atomic E-state index is 13.2. The first-order valence-electron chi connectivity index (χ1n) is 9.33. The van der Waals surface area contributed by atoms with Crippen molar-refractivity contribution in [2.45, 2.75) is 19.4 Å². The average Bonchev–Trinajstić information content (AvgIpc) is 3.17. The summed E-state index contributed by atoms with van der Waals surface area (Å²) in [7, 11) is 4.44. The number of hydrogen-bond acceptors (Lipinski definition) is 7. The molecule has 7 heteroatoms. The summed E-state index contributed by atoms with van der Waals surface area (Å²) >= 11 is 0. The maximum Gasteiger partial charge on any atom is 0.239 e. The topological polar surface area (TPSA) is 87.4 Å². The molecule has 0 unspecified atom stereocenters. The number of ether oxygens (including phenoxy) is 4. The van der Waals surface area contributed by atoms with Crippen molar-refractivity contribution in [3.63, 3.8) is 0 Å². The van der Waals surface area contributed by atoms with Crippen molar-refractivity contribution in [3.8, 4) is 40.1 Å². The Morgan fingerprint density at radius 3 is 2.50 bits per heavy atom. The van der Waals surface area contributed by atoms with Gasteiger partial charge in [0.25, 0.3) is 0 Å². The van der Waals surface area contributed by atoms with Crippen LogP contribution in [0.3, 0.4) is 0 Å². The molecule has 3 aromatic rings. The zero-order valence-corrected chi connectivity index (χ0v) is 17.2. The minimum Gasteiger partial charge on any atom is -0.507 e. The van der Waals surface area contributed by atoms with Crippen LogP contribution in [-0.2, 0) is 6.42 Å². The van der Waals surface area contributed by atoms with Gasteiger partial charge in [-0.1, -0.05) is 6.58 Å². The van der Waals surface area contributed by atoms with E-state index in [0.717, 1.165) is 5.57 Å². The van der Waals surface area contributed by atoms with Crippen molar-refractivity contribution in [2.75, 3.05) is 21.3 Å². The smallest absolute Gasteiger partial charge is 0.239 e. The van der Waals surface area contributed by atoms with Gasteiger partial charge in [-0.2, -0.15) is 0 Å². The van der Waals surface area contributed by atoms with E-state index < -0.39 is 5.43 Å². The fourth-order valence-electron chi connectivity index (χ4n) is 3.65. The molecule has 4 rings (SSSR count). The highest BCUT2D eigenvalue weighted by atomic mass is 16.5. The van der Waals surface area contributed by atoms with Gasteiger partial charge in [-0.15, -0.1) is 0 Å². The number of aromatic hydroxyl groups is 1. The Hall–Kier alpha value is -3.61. The zero-order chi connectivity index (χ0) is 21.6. The molecule has 0 amide bonds. The van der Waals surface area contributed by atoms with Crippen LogP contribution in [0.1, 0.15) is 12.5 Å². The zero-order valence-electron chi connectivity index (χ0n) is 17.2. The standard InChI is InChI=1S/C23H22O7/c1-11(2)15-9-13-16(29-15)10-18-19(20(13)24)21(25)23(28-5)22(30-18)12-6-7-14(26-3)17(8-12)27-4/h6-8,10,15,24H,1,9H2,2-5H3/t15-/m1/s1. The Morgan fingerprint density at radius 1 is 1.13 bits per heavy atom. The fraction of sp³-hybridized carbons (Fsp3) is 0.261. The number of fused-ring (bicyclic) bond motifs is 2. The lowest BCUT2D eigenvalue weighted by Gasteiger charge is -2.13. The molecular formula is C23H22O7. The minimum atomic E-state index is -0.470. The quantitative estimate of drug-likeness (QED) is 0.635. The molecular weight excluding hydrogens is 388 g/mol. The molecule has 0 saturated heterocycles. The molecule has 1 aromatic heterocycles. The van der Waals surface area contributed by atoms with Crippen LogP contribution in [0.2, 0.25) is 0 Å². The lowest BCUT2D eigenvalue weighted by atomic mass is 10.0. The lowest BCUT2D eigenvalue weighted by molar-refractivity contribution is 0.271. The number of phenolic OH excluding ortho intramolecular Hbond substituents is 1. The first-order chi connectivity index (χ1) is 14.4. The predicted octanol–water partition coefficient (Wildman–Crippen LogP) is 4.07.